The van der Waals surface area contributed by atoms with Crippen LogP contribution in [0.5, 0.6) is 0 Å². The summed E-state index contributed by atoms with van der Waals surface area (Å²) in [4.78, 5) is 0. The van der Waals surface area contributed by atoms with Crippen LogP contribution in [0.25, 0.3) is 0 Å². The Labute approximate surface area is 89.2 Å². The molecule has 4 heteroatoms. The van der Waals surface area contributed by atoms with Crippen molar-refractivity contribution >= 4 is 41.0 Å². The van der Waals surface area contributed by atoms with E-state index in [1.165, 1.54) is 9.20 Å². The van der Waals surface area contributed by atoms with Crippen molar-refractivity contribution in [2.45, 2.75) is 48.5 Å². The average Bonchev–Trinajstić information content (AvgIpc) is 1.49. The summed E-state index contributed by atoms with van der Waals surface area (Å²) in [5.41, 5.74) is 0. The Morgan fingerprint density at radius 2 is 1.08 bits per heavy atom. The molecule has 0 nitrogen and oxygen atoms in total. The second-order valence-corrected chi connectivity index (χ2v) is 28.0. The average molecular weight is 280 g/mol. The molecule has 12 heavy (non-hydrogen) atoms. The number of rotatable bonds is 4. The molecule has 0 fully saturated rings. The molecule has 0 aliphatic carbocycles. The first-order chi connectivity index (χ1) is 5.10. The molecule has 0 amide bonds. The van der Waals surface area contributed by atoms with Crippen LogP contribution < -0.4 is 0 Å². The monoisotopic (exact) mass is 278 g/mol. The van der Waals surface area contributed by atoms with E-state index in [1.807, 2.05) is 0 Å². The molecule has 0 spiro atoms. The van der Waals surface area contributed by atoms with Gasteiger partial charge in [0.15, 0.2) is 0 Å². The fourth-order valence-electron chi connectivity index (χ4n) is 1.40. The van der Waals surface area contributed by atoms with E-state index in [4.69, 9.17) is 9.64 Å². The van der Waals surface area contributed by atoms with Crippen molar-refractivity contribution in [3.8, 4) is 0 Å². The molecule has 0 bridgehead atoms. The van der Waals surface area contributed by atoms with E-state index in [1.54, 1.807) is 0 Å². The molecule has 72 valence electrons. The third kappa shape index (κ3) is 9.45. The van der Waals surface area contributed by atoms with Gasteiger partial charge in [-0.25, -0.2) is 0 Å². The summed E-state index contributed by atoms with van der Waals surface area (Å²) in [6, 6.07) is 0. The Morgan fingerprint density at radius 1 is 0.833 bits per heavy atom. The topological polar surface area (TPSA) is 0 Å². The van der Waals surface area contributed by atoms with Gasteiger partial charge in [0.05, 0.1) is 0 Å². The Bertz CT molecular complexity index is 121. The minimum atomic E-state index is -1.31. The van der Waals surface area contributed by atoms with E-state index in [0.717, 1.165) is 0 Å². The number of hydrogen-bond acceptors (Lipinski definition) is 0. The van der Waals surface area contributed by atoms with Crippen molar-refractivity contribution in [1.29, 1.82) is 0 Å². The molecular formula is C8H22ClGaSi2. The second-order valence-electron chi connectivity index (χ2n) is 6.13. The first-order valence-corrected chi connectivity index (χ1v) is 18.8. The van der Waals surface area contributed by atoms with Gasteiger partial charge in [-0.05, 0) is 0 Å². The molecule has 0 heterocycles. The summed E-state index contributed by atoms with van der Waals surface area (Å²) in [6.45, 7) is 14.7. The molecule has 0 aromatic heterocycles. The van der Waals surface area contributed by atoms with Crippen LogP contribution in [0.4, 0.5) is 0 Å². The zero-order valence-electron chi connectivity index (χ0n) is 9.37. The zero-order chi connectivity index (χ0) is 9.99. The fourth-order valence-corrected chi connectivity index (χ4v) is 38.5. The summed E-state index contributed by atoms with van der Waals surface area (Å²) >= 11 is -1.31. The van der Waals surface area contributed by atoms with Gasteiger partial charge in [0, 0.05) is 0 Å². The van der Waals surface area contributed by atoms with Gasteiger partial charge in [-0.15, -0.1) is 0 Å². The molecule has 0 aromatic carbocycles. The second kappa shape index (κ2) is 4.73. The summed E-state index contributed by atoms with van der Waals surface area (Å²) in [5, 5.41) is 0. The Balaban J connectivity index is 3.83. The number of hydrogen-bond donors (Lipinski definition) is 0. The summed E-state index contributed by atoms with van der Waals surface area (Å²) in [7, 11) is 4.81. The van der Waals surface area contributed by atoms with Gasteiger partial charge in [0.25, 0.3) is 0 Å². The SMILES string of the molecule is C[Si](C)(C)[CH2][Ga]([Cl])[CH2][Si](C)(C)C. The number of halogens is 1. The maximum atomic E-state index is 6.51. The predicted octanol–water partition coefficient (Wildman–Crippen LogP) is 3.97. The van der Waals surface area contributed by atoms with Crippen molar-refractivity contribution in [2.24, 2.45) is 0 Å². The van der Waals surface area contributed by atoms with Crippen molar-refractivity contribution in [3.05, 3.63) is 0 Å². The van der Waals surface area contributed by atoms with Gasteiger partial charge in [0.2, 0.25) is 0 Å². The Morgan fingerprint density at radius 3 is 1.25 bits per heavy atom. The van der Waals surface area contributed by atoms with Crippen molar-refractivity contribution in [2.75, 3.05) is 0 Å². The first-order valence-electron chi connectivity index (χ1n) is 4.74. The maximum absolute atomic E-state index is 6.51. The normalized spacial score (nSPS) is 13.2. The molecular weight excluding hydrogens is 257 g/mol. The van der Waals surface area contributed by atoms with Crippen LogP contribution in [0.3, 0.4) is 0 Å². The van der Waals surface area contributed by atoms with Crippen molar-refractivity contribution in [3.63, 3.8) is 0 Å². The first kappa shape index (κ1) is 13.4. The van der Waals surface area contributed by atoms with Crippen LogP contribution in [0, 0.1) is 0 Å². The molecule has 0 unspecified atom stereocenters. The Kier molecular flexibility index (Phi) is 5.27. The van der Waals surface area contributed by atoms with Crippen LogP contribution in [-0.2, 0) is 0 Å². The van der Waals surface area contributed by atoms with E-state index >= 15 is 0 Å². The van der Waals surface area contributed by atoms with Crippen molar-refractivity contribution < 1.29 is 0 Å². The van der Waals surface area contributed by atoms with E-state index in [-0.39, 0.29) is 0 Å². The predicted molar refractivity (Wildman–Crippen MR) is 67.9 cm³/mol. The van der Waals surface area contributed by atoms with Gasteiger partial charge >= 0.3 is 89.5 Å². The van der Waals surface area contributed by atoms with Gasteiger partial charge in [-0.1, -0.05) is 0 Å². The van der Waals surface area contributed by atoms with E-state index < -0.39 is 31.4 Å². The van der Waals surface area contributed by atoms with Gasteiger partial charge in [-0.2, -0.15) is 0 Å². The third-order valence-corrected chi connectivity index (χ3v) is 30.8. The molecule has 0 atom stereocenters. The molecule has 0 rings (SSSR count). The molecule has 0 N–H and O–H groups in total. The Hall–Kier alpha value is 1.36. The molecule has 0 aliphatic rings. The molecule has 0 saturated heterocycles. The van der Waals surface area contributed by atoms with Crippen LogP contribution in [0.2, 0.25) is 48.5 Å². The van der Waals surface area contributed by atoms with Crippen LogP contribution in [0.1, 0.15) is 0 Å². The van der Waals surface area contributed by atoms with Crippen LogP contribution in [0.15, 0.2) is 0 Å². The zero-order valence-corrected chi connectivity index (χ0v) is 14.5. The summed E-state index contributed by atoms with van der Waals surface area (Å²) < 4.78 is 2.93. The van der Waals surface area contributed by atoms with E-state index in [0.29, 0.717) is 0 Å². The van der Waals surface area contributed by atoms with E-state index in [9.17, 15) is 0 Å². The molecule has 0 radical (unpaired) electrons. The van der Waals surface area contributed by atoms with Crippen LogP contribution >= 0.6 is 9.64 Å². The summed E-state index contributed by atoms with van der Waals surface area (Å²) in [5.74, 6) is 0. The fraction of sp³-hybridized carbons (Fsp3) is 1.00. The van der Waals surface area contributed by atoms with Crippen molar-refractivity contribution in [1.82, 2.24) is 0 Å². The summed E-state index contributed by atoms with van der Waals surface area (Å²) in [6.07, 6.45) is 0. The standard InChI is InChI=1S/2C4H11Si.ClH.Ga/c2*1-5(2,3)4;;/h2*1H2,2-4H3;1H;/q;;;+1/p-1. The van der Waals surface area contributed by atoms with E-state index in [2.05, 4.69) is 39.3 Å². The van der Waals surface area contributed by atoms with Gasteiger partial charge in [-0.3, -0.25) is 0 Å². The third-order valence-electron chi connectivity index (χ3n) is 1.67. The van der Waals surface area contributed by atoms with Crippen LogP contribution in [-0.4, -0.2) is 31.4 Å². The molecule has 0 saturated carbocycles. The van der Waals surface area contributed by atoms with Gasteiger partial charge in [0.1, 0.15) is 0 Å². The minimum absolute atomic E-state index is 0.846. The van der Waals surface area contributed by atoms with Gasteiger partial charge < -0.3 is 0 Å². The quantitative estimate of drug-likeness (QED) is 0.683. The molecule has 0 aliphatic heterocycles. The molecule has 0 aromatic rings.